The number of halogens is 1. The number of carbonyl (C=O) groups is 1. The summed E-state index contributed by atoms with van der Waals surface area (Å²) >= 11 is 7.21. The Kier molecular flexibility index (Phi) is 2.22. The molecule has 6 heteroatoms. The van der Waals surface area contributed by atoms with Crippen LogP contribution in [0.3, 0.4) is 0 Å². The summed E-state index contributed by atoms with van der Waals surface area (Å²) in [6, 6.07) is 7.20. The molecule has 0 radical (unpaired) electrons. The Bertz CT molecular complexity index is 564. The topological polar surface area (TPSA) is 47.8 Å². The predicted octanol–water partition coefficient (Wildman–Crippen LogP) is 2.34. The van der Waals surface area contributed by atoms with Gasteiger partial charge < -0.3 is 0 Å². The first-order chi connectivity index (χ1) is 7.75. The van der Waals surface area contributed by atoms with Crippen LogP contribution in [0.5, 0.6) is 0 Å². The molecule has 0 saturated carbocycles. The molecule has 0 atom stereocenters. The normalized spacial score (nSPS) is 14.2. The van der Waals surface area contributed by atoms with Crippen LogP contribution < -0.4 is 0 Å². The molecule has 0 N–H and O–H groups in total. The van der Waals surface area contributed by atoms with Gasteiger partial charge in [0.25, 0.3) is 0 Å². The van der Waals surface area contributed by atoms with E-state index in [0.29, 0.717) is 21.8 Å². The lowest BCUT2D eigenvalue weighted by molar-refractivity contribution is 0.0941. The Labute approximate surface area is 101 Å². The lowest BCUT2D eigenvalue weighted by Crippen LogP contribution is -2.08. The van der Waals surface area contributed by atoms with Gasteiger partial charge in [0, 0.05) is 10.6 Å². The number of nitrogens with zero attached hydrogens (tertiary/aromatic N) is 3. The van der Waals surface area contributed by atoms with E-state index in [4.69, 9.17) is 11.6 Å². The highest BCUT2D eigenvalue weighted by Crippen LogP contribution is 2.29. The zero-order valence-corrected chi connectivity index (χ0v) is 9.63. The predicted molar refractivity (Wildman–Crippen MR) is 61.8 cm³/mol. The third-order valence-corrected chi connectivity index (χ3v) is 3.48. The Morgan fingerprint density at radius 1 is 1.25 bits per heavy atom. The number of hydrogen-bond donors (Lipinski definition) is 0. The van der Waals surface area contributed by atoms with Crippen LogP contribution >= 0.6 is 23.4 Å². The smallest absolute Gasteiger partial charge is 0.244 e. The maximum atomic E-state index is 11.6. The van der Waals surface area contributed by atoms with Gasteiger partial charge in [-0.05, 0) is 24.3 Å². The zero-order chi connectivity index (χ0) is 11.1. The molecule has 1 aliphatic rings. The highest BCUT2D eigenvalue weighted by molar-refractivity contribution is 8.00. The molecule has 2 aromatic rings. The molecular formula is C10H6ClN3OS. The van der Waals surface area contributed by atoms with E-state index in [2.05, 4.69) is 10.2 Å². The van der Waals surface area contributed by atoms with Crippen LogP contribution in [0, 0.1) is 0 Å². The molecule has 0 fully saturated rings. The van der Waals surface area contributed by atoms with Crippen molar-refractivity contribution < 1.29 is 4.79 Å². The molecule has 0 amide bonds. The third-order valence-electron chi connectivity index (χ3n) is 2.31. The van der Waals surface area contributed by atoms with E-state index < -0.39 is 0 Å². The number of rotatable bonds is 1. The molecule has 0 saturated heterocycles. The molecule has 16 heavy (non-hydrogen) atoms. The number of fused-ring (bicyclic) bond motifs is 1. The van der Waals surface area contributed by atoms with Crippen LogP contribution in [0.4, 0.5) is 0 Å². The molecule has 2 heterocycles. The zero-order valence-electron chi connectivity index (χ0n) is 8.05. The first-order valence-corrected chi connectivity index (χ1v) is 5.99. The SMILES string of the molecule is O=C1CSc2nnc(-c3ccc(Cl)cc3)n21. The molecule has 4 nitrogen and oxygen atoms in total. The Morgan fingerprint density at radius 3 is 2.75 bits per heavy atom. The Morgan fingerprint density at radius 2 is 2.00 bits per heavy atom. The fourth-order valence-corrected chi connectivity index (χ4v) is 2.49. The average Bonchev–Trinajstić information content (AvgIpc) is 2.84. The minimum Gasteiger partial charge on any atom is -0.273 e. The second kappa shape index (κ2) is 3.61. The maximum Gasteiger partial charge on any atom is 0.244 e. The quantitative estimate of drug-likeness (QED) is 0.781. The maximum absolute atomic E-state index is 11.6. The van der Waals surface area contributed by atoms with Gasteiger partial charge in [-0.25, -0.2) is 4.57 Å². The summed E-state index contributed by atoms with van der Waals surface area (Å²) in [6.45, 7) is 0. The van der Waals surface area contributed by atoms with Crippen molar-refractivity contribution in [3.8, 4) is 11.4 Å². The molecule has 0 bridgehead atoms. The minimum atomic E-state index is 0.0231. The molecule has 0 aliphatic carbocycles. The number of carbonyl (C=O) groups excluding carboxylic acids is 1. The van der Waals surface area contributed by atoms with E-state index in [-0.39, 0.29) is 5.91 Å². The fourth-order valence-electron chi connectivity index (χ4n) is 1.57. The lowest BCUT2D eigenvalue weighted by Gasteiger charge is -2.00. The van der Waals surface area contributed by atoms with Crippen molar-refractivity contribution >= 4 is 29.3 Å². The van der Waals surface area contributed by atoms with Crippen LogP contribution in [-0.2, 0) is 0 Å². The molecule has 3 rings (SSSR count). The van der Waals surface area contributed by atoms with Gasteiger partial charge in [-0.15, -0.1) is 10.2 Å². The van der Waals surface area contributed by atoms with Crippen LogP contribution in [0.1, 0.15) is 4.79 Å². The number of hydrogen-bond acceptors (Lipinski definition) is 4. The van der Waals surface area contributed by atoms with E-state index >= 15 is 0 Å². The van der Waals surface area contributed by atoms with Crippen LogP contribution in [-0.4, -0.2) is 26.4 Å². The van der Waals surface area contributed by atoms with Gasteiger partial charge >= 0.3 is 0 Å². The van der Waals surface area contributed by atoms with E-state index in [9.17, 15) is 4.79 Å². The number of benzene rings is 1. The Balaban J connectivity index is 2.14. The van der Waals surface area contributed by atoms with E-state index in [1.807, 2.05) is 12.1 Å². The molecule has 0 unspecified atom stereocenters. The average molecular weight is 252 g/mol. The van der Waals surface area contributed by atoms with Gasteiger partial charge in [0.2, 0.25) is 5.91 Å². The largest absolute Gasteiger partial charge is 0.273 e. The monoisotopic (exact) mass is 251 g/mol. The molecule has 1 aromatic heterocycles. The van der Waals surface area contributed by atoms with Gasteiger partial charge in [0.05, 0.1) is 5.75 Å². The van der Waals surface area contributed by atoms with E-state index in [0.717, 1.165) is 5.56 Å². The summed E-state index contributed by atoms with van der Waals surface area (Å²) in [5, 5.41) is 9.30. The summed E-state index contributed by atoms with van der Waals surface area (Å²) in [5.74, 6) is 1.04. The number of aromatic nitrogens is 3. The first kappa shape index (κ1) is 9.86. The highest BCUT2D eigenvalue weighted by atomic mass is 35.5. The minimum absolute atomic E-state index is 0.0231. The van der Waals surface area contributed by atoms with Gasteiger partial charge in [-0.3, -0.25) is 4.79 Å². The van der Waals surface area contributed by atoms with Gasteiger partial charge in [-0.2, -0.15) is 0 Å². The van der Waals surface area contributed by atoms with Crippen LogP contribution in [0.2, 0.25) is 5.02 Å². The second-order valence-corrected chi connectivity index (χ2v) is 4.71. The van der Waals surface area contributed by atoms with Crippen molar-refractivity contribution in [2.75, 3.05) is 5.75 Å². The second-order valence-electron chi connectivity index (χ2n) is 3.33. The van der Waals surface area contributed by atoms with Gasteiger partial charge in [-0.1, -0.05) is 23.4 Å². The van der Waals surface area contributed by atoms with Crippen LogP contribution in [0.15, 0.2) is 29.4 Å². The fraction of sp³-hybridized carbons (Fsp3) is 0.100. The lowest BCUT2D eigenvalue weighted by atomic mass is 10.2. The van der Waals surface area contributed by atoms with Crippen molar-refractivity contribution in [3.63, 3.8) is 0 Å². The van der Waals surface area contributed by atoms with E-state index in [1.54, 1.807) is 16.7 Å². The molecule has 0 spiro atoms. The molecule has 1 aromatic carbocycles. The standard InChI is InChI=1S/C10H6ClN3OS/c11-7-3-1-6(2-4-7)9-12-13-10-14(9)8(15)5-16-10/h1-4H,5H2. The summed E-state index contributed by atoms with van der Waals surface area (Å²) in [5.41, 5.74) is 0.846. The first-order valence-electron chi connectivity index (χ1n) is 4.63. The summed E-state index contributed by atoms with van der Waals surface area (Å²) in [4.78, 5) is 11.6. The van der Waals surface area contributed by atoms with Crippen molar-refractivity contribution in [1.82, 2.24) is 14.8 Å². The summed E-state index contributed by atoms with van der Waals surface area (Å²) < 4.78 is 1.55. The Hall–Kier alpha value is -1.33. The highest BCUT2D eigenvalue weighted by Gasteiger charge is 2.26. The molecule has 1 aliphatic heterocycles. The number of thioether (sulfide) groups is 1. The van der Waals surface area contributed by atoms with Crippen molar-refractivity contribution in [1.29, 1.82) is 0 Å². The third kappa shape index (κ3) is 1.44. The van der Waals surface area contributed by atoms with Crippen molar-refractivity contribution in [3.05, 3.63) is 29.3 Å². The summed E-state index contributed by atoms with van der Waals surface area (Å²) in [6.07, 6.45) is 0. The molecular weight excluding hydrogens is 246 g/mol. The van der Waals surface area contributed by atoms with Crippen LogP contribution in [0.25, 0.3) is 11.4 Å². The van der Waals surface area contributed by atoms with Crippen molar-refractivity contribution in [2.24, 2.45) is 0 Å². The van der Waals surface area contributed by atoms with E-state index in [1.165, 1.54) is 11.8 Å². The summed E-state index contributed by atoms with van der Waals surface area (Å²) in [7, 11) is 0. The van der Waals surface area contributed by atoms with Gasteiger partial charge in [0.15, 0.2) is 11.0 Å². The molecule has 80 valence electrons. The van der Waals surface area contributed by atoms with Gasteiger partial charge in [0.1, 0.15) is 0 Å². The van der Waals surface area contributed by atoms with Crippen molar-refractivity contribution in [2.45, 2.75) is 5.16 Å².